The Hall–Kier alpha value is 0.350. The molecule has 3 heteroatoms. The van der Waals surface area contributed by atoms with Crippen LogP contribution < -0.4 is 4.89 Å². The third-order valence-electron chi connectivity index (χ3n) is 0.311. The second kappa shape index (κ2) is 3.54. The van der Waals surface area contributed by atoms with Crippen molar-refractivity contribution in [1.82, 2.24) is 0 Å². The Bertz CT molecular complexity index is 30.0. The van der Waals surface area contributed by atoms with Gasteiger partial charge in [-0.1, -0.05) is 8.38 Å². The van der Waals surface area contributed by atoms with E-state index < -0.39 is 8.38 Å². The van der Waals surface area contributed by atoms with Gasteiger partial charge in [0, 0.05) is 6.61 Å². The standard InChI is InChI=1S/C3H8O2P/c1-3-5-6(2)4/h3H2,1-2H3/q-1. The lowest BCUT2D eigenvalue weighted by molar-refractivity contribution is -0.178. The van der Waals surface area contributed by atoms with Crippen molar-refractivity contribution in [1.29, 1.82) is 0 Å². The molecule has 0 aliphatic carbocycles. The van der Waals surface area contributed by atoms with Crippen molar-refractivity contribution in [2.75, 3.05) is 13.3 Å². The van der Waals surface area contributed by atoms with Gasteiger partial charge in [-0.25, -0.2) is 0 Å². The summed E-state index contributed by atoms with van der Waals surface area (Å²) < 4.78 is 4.55. The van der Waals surface area contributed by atoms with E-state index in [1.54, 1.807) is 6.66 Å². The predicted octanol–water partition coefficient (Wildman–Crippen LogP) is 0.325. The molecule has 0 N–H and O–H groups in total. The zero-order valence-electron chi connectivity index (χ0n) is 3.97. The zero-order valence-corrected chi connectivity index (χ0v) is 4.87. The summed E-state index contributed by atoms with van der Waals surface area (Å²) >= 11 is 0. The second-order valence-corrected chi connectivity index (χ2v) is 2.00. The highest BCUT2D eigenvalue weighted by atomic mass is 31.2. The van der Waals surface area contributed by atoms with E-state index in [2.05, 4.69) is 4.52 Å². The first-order chi connectivity index (χ1) is 2.77. The highest BCUT2D eigenvalue weighted by molar-refractivity contribution is 7.43. The van der Waals surface area contributed by atoms with E-state index in [-0.39, 0.29) is 0 Å². The van der Waals surface area contributed by atoms with Gasteiger partial charge >= 0.3 is 0 Å². The molecule has 0 aliphatic rings. The lowest BCUT2D eigenvalue weighted by atomic mass is 10.9. The normalized spacial score (nSPS) is 14.5. The van der Waals surface area contributed by atoms with E-state index in [1.165, 1.54) is 0 Å². The molecule has 0 heterocycles. The molecule has 0 aromatic heterocycles. The van der Waals surface area contributed by atoms with Crippen LogP contribution in [0.3, 0.4) is 0 Å². The van der Waals surface area contributed by atoms with E-state index in [0.717, 1.165) is 0 Å². The fraction of sp³-hybridized carbons (Fsp3) is 1.00. The maximum Gasteiger partial charge on any atom is 0.0464 e. The van der Waals surface area contributed by atoms with Crippen molar-refractivity contribution in [3.63, 3.8) is 0 Å². The van der Waals surface area contributed by atoms with Gasteiger partial charge in [0.15, 0.2) is 0 Å². The summed E-state index contributed by atoms with van der Waals surface area (Å²) in [5.41, 5.74) is 0. The van der Waals surface area contributed by atoms with Gasteiger partial charge in [0.25, 0.3) is 0 Å². The first-order valence-corrected chi connectivity index (χ1v) is 3.43. The van der Waals surface area contributed by atoms with Crippen molar-refractivity contribution < 1.29 is 9.42 Å². The molecule has 0 amide bonds. The molecule has 0 fully saturated rings. The summed E-state index contributed by atoms with van der Waals surface area (Å²) in [6.07, 6.45) is 0. The Balaban J connectivity index is 2.63. The molecule has 0 aromatic carbocycles. The summed E-state index contributed by atoms with van der Waals surface area (Å²) in [6, 6.07) is 0. The number of rotatable bonds is 2. The molecule has 1 atom stereocenters. The van der Waals surface area contributed by atoms with E-state index >= 15 is 0 Å². The summed E-state index contributed by atoms with van der Waals surface area (Å²) in [5, 5.41) is 0. The minimum Gasteiger partial charge on any atom is -0.808 e. The van der Waals surface area contributed by atoms with E-state index in [4.69, 9.17) is 0 Å². The highest BCUT2D eigenvalue weighted by Crippen LogP contribution is 2.17. The van der Waals surface area contributed by atoms with Crippen molar-refractivity contribution in [3.8, 4) is 0 Å². The summed E-state index contributed by atoms with van der Waals surface area (Å²) in [5.74, 6) is 0. The quantitative estimate of drug-likeness (QED) is 0.476. The molecule has 0 saturated carbocycles. The number of hydrogen-bond acceptors (Lipinski definition) is 2. The molecule has 0 saturated heterocycles. The Labute approximate surface area is 39.0 Å². The predicted molar refractivity (Wildman–Crippen MR) is 24.5 cm³/mol. The third kappa shape index (κ3) is 4.35. The van der Waals surface area contributed by atoms with Gasteiger partial charge in [-0.2, -0.15) is 0 Å². The van der Waals surface area contributed by atoms with Gasteiger partial charge in [-0.3, -0.25) is 0 Å². The maximum absolute atomic E-state index is 9.97. The van der Waals surface area contributed by atoms with Gasteiger partial charge in [0.1, 0.15) is 0 Å². The highest BCUT2D eigenvalue weighted by Gasteiger charge is 1.73. The van der Waals surface area contributed by atoms with Crippen LogP contribution in [0.1, 0.15) is 6.92 Å². The Morgan fingerprint density at radius 1 is 1.83 bits per heavy atom. The van der Waals surface area contributed by atoms with Crippen molar-refractivity contribution in [2.45, 2.75) is 6.92 Å². The molecule has 1 unspecified atom stereocenters. The molecular formula is C3H8O2P-. The largest absolute Gasteiger partial charge is 0.808 e. The topological polar surface area (TPSA) is 32.3 Å². The average Bonchev–Trinajstić information content (AvgIpc) is 1.35. The van der Waals surface area contributed by atoms with Crippen LogP contribution in [-0.4, -0.2) is 13.3 Å². The van der Waals surface area contributed by atoms with E-state index in [1.807, 2.05) is 6.92 Å². The van der Waals surface area contributed by atoms with Gasteiger partial charge in [-0.05, 0) is 13.6 Å². The Morgan fingerprint density at radius 3 is 2.33 bits per heavy atom. The van der Waals surface area contributed by atoms with Crippen molar-refractivity contribution in [2.24, 2.45) is 0 Å². The molecule has 2 nitrogen and oxygen atoms in total. The van der Waals surface area contributed by atoms with Crippen molar-refractivity contribution >= 4 is 8.38 Å². The van der Waals surface area contributed by atoms with Crippen LogP contribution in [0.4, 0.5) is 0 Å². The SMILES string of the molecule is CCOP(C)[O-]. The molecular weight excluding hydrogens is 99.0 g/mol. The summed E-state index contributed by atoms with van der Waals surface area (Å²) in [7, 11) is -1.35. The molecule has 38 valence electrons. The molecule has 0 aliphatic heterocycles. The Morgan fingerprint density at radius 2 is 2.33 bits per heavy atom. The smallest absolute Gasteiger partial charge is 0.0464 e. The van der Waals surface area contributed by atoms with Crippen LogP contribution >= 0.6 is 8.38 Å². The average molecular weight is 107 g/mol. The monoisotopic (exact) mass is 107 g/mol. The van der Waals surface area contributed by atoms with Gasteiger partial charge in [0.05, 0.1) is 0 Å². The summed E-state index contributed by atoms with van der Waals surface area (Å²) in [4.78, 5) is 9.97. The van der Waals surface area contributed by atoms with E-state index in [9.17, 15) is 4.89 Å². The first-order valence-electron chi connectivity index (χ1n) is 1.81. The molecule has 0 spiro atoms. The molecule has 0 aromatic rings. The van der Waals surface area contributed by atoms with Crippen LogP contribution in [0.25, 0.3) is 0 Å². The fourth-order valence-corrected chi connectivity index (χ4v) is 0.545. The van der Waals surface area contributed by atoms with Crippen LogP contribution in [0.5, 0.6) is 0 Å². The minimum atomic E-state index is -1.35. The van der Waals surface area contributed by atoms with E-state index in [0.29, 0.717) is 6.61 Å². The molecule has 0 radical (unpaired) electrons. The fourth-order valence-electron chi connectivity index (χ4n) is 0.182. The van der Waals surface area contributed by atoms with Gasteiger partial charge in [-0.15, -0.1) is 0 Å². The van der Waals surface area contributed by atoms with Crippen LogP contribution in [0.15, 0.2) is 0 Å². The first kappa shape index (κ1) is 6.35. The third-order valence-corrected chi connectivity index (χ3v) is 0.933. The minimum absolute atomic E-state index is 0.547. The van der Waals surface area contributed by atoms with Gasteiger partial charge < -0.3 is 9.42 Å². The van der Waals surface area contributed by atoms with Crippen LogP contribution in [0.2, 0.25) is 0 Å². The molecule has 0 rings (SSSR count). The molecule has 6 heavy (non-hydrogen) atoms. The zero-order chi connectivity index (χ0) is 4.99. The maximum atomic E-state index is 9.97. The lowest BCUT2D eigenvalue weighted by Gasteiger charge is -2.14. The van der Waals surface area contributed by atoms with Gasteiger partial charge in [0.2, 0.25) is 0 Å². The van der Waals surface area contributed by atoms with Crippen LogP contribution in [0, 0.1) is 0 Å². The van der Waals surface area contributed by atoms with Crippen LogP contribution in [-0.2, 0) is 4.52 Å². The molecule has 0 bridgehead atoms. The Kier molecular flexibility index (Phi) is 3.74. The number of hydrogen-bond donors (Lipinski definition) is 0. The van der Waals surface area contributed by atoms with Crippen molar-refractivity contribution in [3.05, 3.63) is 0 Å². The summed E-state index contributed by atoms with van der Waals surface area (Å²) in [6.45, 7) is 3.90. The second-order valence-electron chi connectivity index (χ2n) is 0.857. The lowest BCUT2D eigenvalue weighted by Crippen LogP contribution is -1.95.